The lowest BCUT2D eigenvalue weighted by Crippen LogP contribution is -2.45. The molecule has 112 valence electrons. The van der Waals surface area contributed by atoms with E-state index in [1.165, 1.54) is 0 Å². The van der Waals surface area contributed by atoms with Crippen molar-refractivity contribution in [2.24, 2.45) is 5.41 Å². The van der Waals surface area contributed by atoms with Gasteiger partial charge in [-0.3, -0.25) is 4.79 Å². The van der Waals surface area contributed by atoms with E-state index in [1.807, 2.05) is 13.8 Å². The molecular formula is C13H25NO4S. The van der Waals surface area contributed by atoms with Gasteiger partial charge in [-0.05, 0) is 31.1 Å². The zero-order valence-corrected chi connectivity index (χ0v) is 12.6. The summed E-state index contributed by atoms with van der Waals surface area (Å²) in [6, 6.07) is 0. The van der Waals surface area contributed by atoms with Gasteiger partial charge in [0.2, 0.25) is 5.91 Å². The van der Waals surface area contributed by atoms with E-state index in [2.05, 4.69) is 5.32 Å². The Morgan fingerprint density at radius 2 is 2.05 bits per heavy atom. The van der Waals surface area contributed by atoms with Crippen molar-refractivity contribution in [3.05, 3.63) is 0 Å². The summed E-state index contributed by atoms with van der Waals surface area (Å²) < 4.78 is 23.7. The number of carbonyl (C=O) groups is 1. The second kappa shape index (κ2) is 6.70. The molecule has 0 aromatic carbocycles. The number of carbonyl (C=O) groups excluding carboxylic acids is 1. The van der Waals surface area contributed by atoms with Crippen LogP contribution in [0.3, 0.4) is 0 Å². The molecule has 0 saturated carbocycles. The first-order chi connectivity index (χ1) is 8.78. The Balaban J connectivity index is 2.51. The minimum Gasteiger partial charge on any atom is -0.396 e. The molecule has 1 aliphatic heterocycles. The summed E-state index contributed by atoms with van der Waals surface area (Å²) in [5, 5.41) is 10.7. The van der Waals surface area contributed by atoms with Crippen LogP contribution in [0.15, 0.2) is 0 Å². The van der Waals surface area contributed by atoms with Gasteiger partial charge < -0.3 is 10.4 Å². The van der Waals surface area contributed by atoms with Crippen molar-refractivity contribution < 1.29 is 18.3 Å². The van der Waals surface area contributed by atoms with Gasteiger partial charge in [-0.15, -0.1) is 0 Å². The third-order valence-corrected chi connectivity index (χ3v) is 5.80. The van der Waals surface area contributed by atoms with E-state index < -0.39 is 15.1 Å². The molecule has 1 amide bonds. The molecule has 1 aliphatic rings. The van der Waals surface area contributed by atoms with Crippen molar-refractivity contribution in [1.29, 1.82) is 0 Å². The summed E-state index contributed by atoms with van der Waals surface area (Å²) in [4.78, 5) is 12.0. The second-order valence-corrected chi connectivity index (χ2v) is 8.36. The zero-order valence-electron chi connectivity index (χ0n) is 11.8. The summed E-state index contributed by atoms with van der Waals surface area (Å²) in [5.74, 6) is -0.240. The molecule has 2 N–H and O–H groups in total. The Bertz CT molecular complexity index is 403. The molecule has 1 fully saturated rings. The van der Waals surface area contributed by atoms with Crippen molar-refractivity contribution in [2.75, 3.05) is 18.9 Å². The predicted octanol–water partition coefficient (Wildman–Crippen LogP) is 0.869. The normalized spacial score (nSPS) is 23.0. The van der Waals surface area contributed by atoms with E-state index >= 15 is 0 Å². The fourth-order valence-electron chi connectivity index (χ4n) is 2.34. The van der Waals surface area contributed by atoms with Crippen molar-refractivity contribution >= 4 is 15.7 Å². The summed E-state index contributed by atoms with van der Waals surface area (Å²) in [6.45, 7) is 4.57. The summed E-state index contributed by atoms with van der Waals surface area (Å²) in [7, 11) is -3.26. The highest BCUT2D eigenvalue weighted by molar-refractivity contribution is 7.92. The maximum atomic E-state index is 12.0. The molecule has 0 radical (unpaired) electrons. The quantitative estimate of drug-likeness (QED) is 0.760. The average molecular weight is 291 g/mol. The Morgan fingerprint density at radius 3 is 2.63 bits per heavy atom. The lowest BCUT2D eigenvalue weighted by molar-refractivity contribution is -0.121. The van der Waals surface area contributed by atoms with E-state index in [0.29, 0.717) is 25.8 Å². The molecule has 0 aromatic heterocycles. The van der Waals surface area contributed by atoms with Gasteiger partial charge in [0.05, 0.1) is 5.75 Å². The number of nitrogens with one attached hydrogen (secondary N) is 1. The van der Waals surface area contributed by atoms with Gasteiger partial charge in [-0.1, -0.05) is 20.3 Å². The summed E-state index contributed by atoms with van der Waals surface area (Å²) >= 11 is 0. The van der Waals surface area contributed by atoms with Crippen LogP contribution in [0.25, 0.3) is 0 Å². The topological polar surface area (TPSA) is 83.5 Å². The van der Waals surface area contributed by atoms with Gasteiger partial charge in [0.1, 0.15) is 5.25 Å². The fraction of sp³-hybridized carbons (Fsp3) is 0.923. The summed E-state index contributed by atoms with van der Waals surface area (Å²) in [5.41, 5.74) is -0.128. The molecule has 1 atom stereocenters. The lowest BCUT2D eigenvalue weighted by Gasteiger charge is -2.27. The average Bonchev–Trinajstić information content (AvgIpc) is 2.33. The van der Waals surface area contributed by atoms with E-state index in [9.17, 15) is 13.2 Å². The molecule has 6 heteroatoms. The number of sulfone groups is 1. The lowest BCUT2D eigenvalue weighted by atomic mass is 9.88. The van der Waals surface area contributed by atoms with Gasteiger partial charge >= 0.3 is 0 Å². The molecule has 1 saturated heterocycles. The van der Waals surface area contributed by atoms with Gasteiger partial charge in [0, 0.05) is 13.2 Å². The molecule has 19 heavy (non-hydrogen) atoms. The number of rotatable bonds is 6. The highest BCUT2D eigenvalue weighted by Crippen LogP contribution is 2.22. The SMILES string of the molecule is CC(C)(CCCO)CNC(=O)C1CCCCS1(=O)=O. The van der Waals surface area contributed by atoms with Crippen LogP contribution in [0.4, 0.5) is 0 Å². The van der Waals surface area contributed by atoms with Gasteiger partial charge in [-0.2, -0.15) is 0 Å². The number of amides is 1. The number of aliphatic hydroxyl groups is 1. The van der Waals surface area contributed by atoms with E-state index in [-0.39, 0.29) is 23.7 Å². The van der Waals surface area contributed by atoms with Crippen LogP contribution in [0.1, 0.15) is 46.0 Å². The Kier molecular flexibility index (Phi) is 5.80. The minimum atomic E-state index is -3.26. The molecule has 1 heterocycles. The first kappa shape index (κ1) is 16.4. The van der Waals surface area contributed by atoms with Crippen LogP contribution in [-0.4, -0.2) is 43.6 Å². The molecule has 5 nitrogen and oxygen atoms in total. The van der Waals surface area contributed by atoms with Crippen LogP contribution in [0.2, 0.25) is 0 Å². The molecule has 0 aromatic rings. The first-order valence-electron chi connectivity index (χ1n) is 6.89. The predicted molar refractivity (Wildman–Crippen MR) is 74.5 cm³/mol. The van der Waals surface area contributed by atoms with E-state index in [1.54, 1.807) is 0 Å². The van der Waals surface area contributed by atoms with Gasteiger partial charge in [0.25, 0.3) is 0 Å². The monoisotopic (exact) mass is 291 g/mol. The number of hydrogen-bond acceptors (Lipinski definition) is 4. The number of aliphatic hydroxyl groups excluding tert-OH is 1. The zero-order chi connectivity index (χ0) is 14.5. The molecule has 0 bridgehead atoms. The maximum absolute atomic E-state index is 12.0. The molecule has 0 spiro atoms. The van der Waals surface area contributed by atoms with Crippen LogP contribution in [0, 0.1) is 5.41 Å². The Morgan fingerprint density at radius 1 is 1.37 bits per heavy atom. The van der Waals surface area contributed by atoms with Gasteiger partial charge in [0.15, 0.2) is 9.84 Å². The first-order valence-corrected chi connectivity index (χ1v) is 8.60. The third kappa shape index (κ3) is 5.10. The highest BCUT2D eigenvalue weighted by atomic mass is 32.2. The van der Waals surface area contributed by atoms with Crippen molar-refractivity contribution in [3.63, 3.8) is 0 Å². The fourth-order valence-corrected chi connectivity index (χ4v) is 4.16. The minimum absolute atomic E-state index is 0.124. The van der Waals surface area contributed by atoms with E-state index in [0.717, 1.165) is 12.8 Å². The Hall–Kier alpha value is -0.620. The number of hydrogen-bond donors (Lipinski definition) is 2. The maximum Gasteiger partial charge on any atom is 0.238 e. The van der Waals surface area contributed by atoms with Gasteiger partial charge in [-0.25, -0.2) is 8.42 Å². The third-order valence-electron chi connectivity index (χ3n) is 3.62. The van der Waals surface area contributed by atoms with E-state index in [4.69, 9.17) is 5.11 Å². The van der Waals surface area contributed by atoms with Crippen molar-refractivity contribution in [2.45, 2.75) is 51.2 Å². The molecule has 1 unspecified atom stereocenters. The van der Waals surface area contributed by atoms with Crippen LogP contribution >= 0.6 is 0 Å². The van der Waals surface area contributed by atoms with Crippen LogP contribution < -0.4 is 5.32 Å². The Labute approximate surface area is 115 Å². The summed E-state index contributed by atoms with van der Waals surface area (Å²) in [6.07, 6.45) is 3.37. The highest BCUT2D eigenvalue weighted by Gasteiger charge is 2.35. The van der Waals surface area contributed by atoms with Crippen molar-refractivity contribution in [1.82, 2.24) is 5.32 Å². The van der Waals surface area contributed by atoms with Crippen LogP contribution in [0.5, 0.6) is 0 Å². The molecular weight excluding hydrogens is 266 g/mol. The molecule has 1 rings (SSSR count). The standard InChI is InChI=1S/C13H25NO4S/c1-13(2,7-5-8-15)10-14-12(16)11-6-3-4-9-19(11,17)18/h11,15H,3-10H2,1-2H3,(H,14,16). The smallest absolute Gasteiger partial charge is 0.238 e. The largest absolute Gasteiger partial charge is 0.396 e. The molecule has 0 aliphatic carbocycles. The van der Waals surface area contributed by atoms with Crippen molar-refractivity contribution in [3.8, 4) is 0 Å². The second-order valence-electron chi connectivity index (χ2n) is 6.06. The van der Waals surface area contributed by atoms with Crippen LogP contribution in [-0.2, 0) is 14.6 Å².